The van der Waals surface area contributed by atoms with E-state index < -0.39 is 0 Å². The molecule has 2 N–H and O–H groups in total. The van der Waals surface area contributed by atoms with Crippen LogP contribution < -0.4 is 5.32 Å². The molecule has 0 bridgehead atoms. The molecule has 86 valence electrons. The summed E-state index contributed by atoms with van der Waals surface area (Å²) in [6.45, 7) is 5.04. The number of hydrogen-bond acceptors (Lipinski definition) is 5. The van der Waals surface area contributed by atoms with Crippen LogP contribution in [0.2, 0.25) is 0 Å². The van der Waals surface area contributed by atoms with Crippen LogP contribution in [-0.4, -0.2) is 38.0 Å². The van der Waals surface area contributed by atoms with Gasteiger partial charge in [-0.1, -0.05) is 13.8 Å². The summed E-state index contributed by atoms with van der Waals surface area (Å²) < 4.78 is 0. The second-order valence-electron chi connectivity index (χ2n) is 3.94. The van der Waals surface area contributed by atoms with Crippen LogP contribution in [0.1, 0.15) is 26.1 Å². The molecule has 1 atom stereocenters. The van der Waals surface area contributed by atoms with E-state index in [2.05, 4.69) is 34.6 Å². The van der Waals surface area contributed by atoms with E-state index in [1.807, 2.05) is 0 Å². The Bertz CT molecular complexity index is 286. The highest BCUT2D eigenvalue weighted by Gasteiger charge is 2.12. The number of hydrogen-bond donors (Lipinski definition) is 2. The summed E-state index contributed by atoms with van der Waals surface area (Å²) in [5.74, 6) is 1.16. The van der Waals surface area contributed by atoms with Gasteiger partial charge in [0.05, 0.1) is 13.6 Å². The number of nitrogens with one attached hydrogen (secondary N) is 1. The van der Waals surface area contributed by atoms with Crippen LogP contribution in [0, 0.1) is 5.92 Å². The Morgan fingerprint density at radius 2 is 2.20 bits per heavy atom. The molecular formula is C9H19N5O. The van der Waals surface area contributed by atoms with Crippen molar-refractivity contribution in [3.8, 4) is 0 Å². The lowest BCUT2D eigenvalue weighted by Gasteiger charge is -2.20. The molecule has 1 rings (SSSR count). The van der Waals surface area contributed by atoms with Gasteiger partial charge in [-0.2, -0.15) is 4.80 Å². The fraction of sp³-hybridized carbons (Fsp3) is 0.889. The van der Waals surface area contributed by atoms with E-state index in [1.165, 1.54) is 4.80 Å². The van der Waals surface area contributed by atoms with Crippen LogP contribution in [0.5, 0.6) is 0 Å². The van der Waals surface area contributed by atoms with E-state index in [4.69, 9.17) is 5.11 Å². The highest BCUT2D eigenvalue weighted by Crippen LogP contribution is 2.05. The molecule has 0 saturated heterocycles. The molecular weight excluding hydrogens is 194 g/mol. The summed E-state index contributed by atoms with van der Waals surface area (Å²) in [6, 6.07) is 0.291. The highest BCUT2D eigenvalue weighted by atomic mass is 16.3. The molecule has 1 aromatic rings. The molecule has 0 spiro atoms. The Morgan fingerprint density at radius 3 is 2.67 bits per heavy atom. The zero-order chi connectivity index (χ0) is 11.3. The first-order valence-electron chi connectivity index (χ1n) is 5.20. The van der Waals surface area contributed by atoms with Crippen LogP contribution >= 0.6 is 0 Å². The fourth-order valence-electron chi connectivity index (χ4n) is 1.43. The number of nitrogens with zero attached hydrogens (tertiary/aromatic N) is 4. The quantitative estimate of drug-likeness (QED) is 0.679. The molecule has 0 fully saturated rings. The molecule has 1 heterocycles. The van der Waals surface area contributed by atoms with E-state index in [0.717, 1.165) is 6.42 Å². The molecule has 0 aliphatic heterocycles. The second-order valence-corrected chi connectivity index (χ2v) is 3.94. The number of tetrazole rings is 1. The van der Waals surface area contributed by atoms with Crippen molar-refractivity contribution in [3.63, 3.8) is 0 Å². The lowest BCUT2D eigenvalue weighted by atomic mass is 10.0. The zero-order valence-corrected chi connectivity index (χ0v) is 9.51. The third-order valence-corrected chi connectivity index (χ3v) is 2.32. The average molecular weight is 213 g/mol. The summed E-state index contributed by atoms with van der Waals surface area (Å²) in [7, 11) is 1.74. The normalized spacial score (nSPS) is 13.4. The van der Waals surface area contributed by atoms with Gasteiger partial charge in [-0.3, -0.25) is 0 Å². The highest BCUT2D eigenvalue weighted by molar-refractivity contribution is 4.79. The number of aliphatic hydroxyl groups excluding tert-OH is 1. The van der Waals surface area contributed by atoms with E-state index in [0.29, 0.717) is 24.3 Å². The Labute approximate surface area is 89.7 Å². The van der Waals surface area contributed by atoms with Crippen LogP contribution in [0.15, 0.2) is 0 Å². The Kier molecular flexibility index (Phi) is 4.64. The molecule has 6 heteroatoms. The minimum absolute atomic E-state index is 0.198. The second kappa shape index (κ2) is 5.77. The van der Waals surface area contributed by atoms with Crippen molar-refractivity contribution in [1.29, 1.82) is 0 Å². The summed E-state index contributed by atoms with van der Waals surface area (Å²) in [5.41, 5.74) is 0. The molecule has 6 nitrogen and oxygen atoms in total. The zero-order valence-electron chi connectivity index (χ0n) is 9.51. The van der Waals surface area contributed by atoms with Crippen LogP contribution in [0.25, 0.3) is 0 Å². The fourth-order valence-corrected chi connectivity index (χ4v) is 1.43. The summed E-state index contributed by atoms with van der Waals surface area (Å²) >= 11 is 0. The van der Waals surface area contributed by atoms with Gasteiger partial charge in [0.1, 0.15) is 0 Å². The van der Waals surface area contributed by atoms with Crippen molar-refractivity contribution < 1.29 is 5.11 Å². The average Bonchev–Trinajstić information content (AvgIpc) is 2.58. The van der Waals surface area contributed by atoms with Gasteiger partial charge < -0.3 is 10.4 Å². The first-order chi connectivity index (χ1) is 7.13. The molecule has 15 heavy (non-hydrogen) atoms. The Hall–Kier alpha value is -1.01. The predicted molar refractivity (Wildman–Crippen MR) is 56.0 cm³/mol. The molecule has 0 saturated carbocycles. The molecule has 0 radical (unpaired) electrons. The van der Waals surface area contributed by atoms with Gasteiger partial charge in [0.15, 0.2) is 5.82 Å². The Balaban J connectivity index is 2.39. The molecule has 1 aromatic heterocycles. The van der Waals surface area contributed by atoms with Gasteiger partial charge in [0, 0.05) is 12.6 Å². The van der Waals surface area contributed by atoms with Gasteiger partial charge in [-0.05, 0) is 17.6 Å². The van der Waals surface area contributed by atoms with Crippen molar-refractivity contribution in [2.45, 2.75) is 32.9 Å². The number of aromatic nitrogens is 4. The van der Waals surface area contributed by atoms with Gasteiger partial charge in [-0.15, -0.1) is 10.2 Å². The van der Waals surface area contributed by atoms with Gasteiger partial charge in [0.2, 0.25) is 0 Å². The lowest BCUT2D eigenvalue weighted by Crippen LogP contribution is -2.34. The monoisotopic (exact) mass is 213 g/mol. The smallest absolute Gasteiger partial charge is 0.188 e. The number of aryl methyl sites for hydroxylation is 1. The third kappa shape index (κ3) is 3.93. The molecule has 1 unspecified atom stereocenters. The topological polar surface area (TPSA) is 75.9 Å². The summed E-state index contributed by atoms with van der Waals surface area (Å²) in [5, 5.41) is 23.9. The SMILES string of the molecule is CC(C)C(CCO)NCc1nnn(C)n1. The third-order valence-electron chi connectivity index (χ3n) is 2.32. The first kappa shape index (κ1) is 12.1. The van der Waals surface area contributed by atoms with Crippen LogP contribution in [0.4, 0.5) is 0 Å². The summed E-state index contributed by atoms with van der Waals surface area (Å²) in [4.78, 5) is 1.44. The van der Waals surface area contributed by atoms with Crippen molar-refractivity contribution in [3.05, 3.63) is 5.82 Å². The molecule has 0 aliphatic rings. The Morgan fingerprint density at radius 1 is 1.47 bits per heavy atom. The van der Waals surface area contributed by atoms with Crippen LogP contribution in [-0.2, 0) is 13.6 Å². The van der Waals surface area contributed by atoms with Crippen molar-refractivity contribution >= 4 is 0 Å². The molecule has 0 aliphatic carbocycles. The van der Waals surface area contributed by atoms with Gasteiger partial charge in [0.25, 0.3) is 0 Å². The van der Waals surface area contributed by atoms with Gasteiger partial charge in [-0.25, -0.2) is 0 Å². The first-order valence-corrected chi connectivity index (χ1v) is 5.20. The van der Waals surface area contributed by atoms with E-state index in [1.54, 1.807) is 7.05 Å². The van der Waals surface area contributed by atoms with E-state index in [9.17, 15) is 0 Å². The number of rotatable bonds is 6. The van der Waals surface area contributed by atoms with E-state index in [-0.39, 0.29) is 6.61 Å². The minimum Gasteiger partial charge on any atom is -0.396 e. The van der Waals surface area contributed by atoms with Crippen molar-refractivity contribution in [1.82, 2.24) is 25.5 Å². The van der Waals surface area contributed by atoms with Crippen molar-refractivity contribution in [2.24, 2.45) is 13.0 Å². The number of aliphatic hydroxyl groups is 1. The summed E-state index contributed by atoms with van der Waals surface area (Å²) in [6.07, 6.45) is 0.748. The van der Waals surface area contributed by atoms with Gasteiger partial charge >= 0.3 is 0 Å². The minimum atomic E-state index is 0.198. The van der Waals surface area contributed by atoms with E-state index >= 15 is 0 Å². The standard InChI is InChI=1S/C9H19N5O/c1-7(2)8(4-5-15)10-6-9-11-13-14(3)12-9/h7-8,10,15H,4-6H2,1-3H3. The molecule has 0 amide bonds. The maximum absolute atomic E-state index is 8.90. The van der Waals surface area contributed by atoms with Crippen molar-refractivity contribution in [2.75, 3.05) is 6.61 Å². The lowest BCUT2D eigenvalue weighted by molar-refractivity contribution is 0.243. The molecule has 0 aromatic carbocycles. The predicted octanol–water partition coefficient (Wildman–Crippen LogP) is -0.293. The van der Waals surface area contributed by atoms with Crippen LogP contribution in [0.3, 0.4) is 0 Å². The largest absolute Gasteiger partial charge is 0.396 e. The maximum atomic E-state index is 8.90. The maximum Gasteiger partial charge on any atom is 0.188 e.